The van der Waals surface area contributed by atoms with Crippen LogP contribution in [0.1, 0.15) is 12.8 Å². The second-order valence-electron chi connectivity index (χ2n) is 4.44. The van der Waals surface area contributed by atoms with Gasteiger partial charge in [0.05, 0.1) is 5.69 Å². The third kappa shape index (κ3) is 1.59. The van der Waals surface area contributed by atoms with Crippen LogP contribution in [0.25, 0.3) is 0 Å². The minimum atomic E-state index is -0.715. The van der Waals surface area contributed by atoms with Crippen molar-refractivity contribution in [1.82, 2.24) is 4.90 Å². The lowest BCUT2D eigenvalue weighted by atomic mass is 10.2. The van der Waals surface area contributed by atoms with E-state index in [1.54, 1.807) is 0 Å². The number of amides is 1. The van der Waals surface area contributed by atoms with E-state index in [0.29, 0.717) is 5.11 Å². The monoisotopic (exact) mass is 268 g/mol. The van der Waals surface area contributed by atoms with E-state index in [9.17, 15) is 13.6 Å². The fraction of sp³-hybridized carbons (Fsp3) is 0.333. The molecule has 0 aliphatic carbocycles. The summed E-state index contributed by atoms with van der Waals surface area (Å²) < 4.78 is 26.4. The molecule has 0 unspecified atom stereocenters. The molecule has 0 radical (unpaired) electrons. The highest BCUT2D eigenvalue weighted by Crippen LogP contribution is 2.32. The standard InChI is InChI=1S/C12H10F2N2OS/c13-7-4-8(14)6-9(5-7)16-11(17)10-2-1-3-15(10)12(16)18/h4-6,10H,1-3H2/t10-/m1/s1. The molecule has 6 heteroatoms. The van der Waals surface area contributed by atoms with Crippen LogP contribution in [0.5, 0.6) is 0 Å². The van der Waals surface area contributed by atoms with Crippen molar-refractivity contribution in [3.8, 4) is 0 Å². The minimum Gasteiger partial charge on any atom is -0.336 e. The summed E-state index contributed by atoms with van der Waals surface area (Å²) >= 11 is 5.21. The van der Waals surface area contributed by atoms with E-state index >= 15 is 0 Å². The molecule has 2 aliphatic rings. The zero-order valence-electron chi connectivity index (χ0n) is 9.40. The third-order valence-corrected chi connectivity index (χ3v) is 3.72. The van der Waals surface area contributed by atoms with Crippen molar-refractivity contribution < 1.29 is 13.6 Å². The van der Waals surface area contributed by atoms with Gasteiger partial charge in [-0.1, -0.05) is 0 Å². The number of thiocarbonyl (C=S) groups is 1. The molecule has 2 fully saturated rings. The number of fused-ring (bicyclic) bond motifs is 1. The van der Waals surface area contributed by atoms with E-state index < -0.39 is 11.6 Å². The molecule has 1 aromatic rings. The predicted molar refractivity (Wildman–Crippen MR) is 66.2 cm³/mol. The average molecular weight is 268 g/mol. The normalized spacial score (nSPS) is 22.9. The molecule has 1 amide bonds. The SMILES string of the molecule is O=C1[C@H]2CCCN2C(=S)N1c1cc(F)cc(F)c1. The van der Waals surface area contributed by atoms with Gasteiger partial charge in [0.2, 0.25) is 0 Å². The minimum absolute atomic E-state index is 0.164. The van der Waals surface area contributed by atoms with Gasteiger partial charge in [0, 0.05) is 12.6 Å². The molecule has 0 bridgehead atoms. The first-order chi connectivity index (χ1) is 8.58. The first-order valence-electron chi connectivity index (χ1n) is 5.68. The highest BCUT2D eigenvalue weighted by molar-refractivity contribution is 7.80. The molecule has 0 saturated carbocycles. The van der Waals surface area contributed by atoms with Crippen LogP contribution in [0.15, 0.2) is 18.2 Å². The van der Waals surface area contributed by atoms with Gasteiger partial charge in [-0.05, 0) is 37.2 Å². The van der Waals surface area contributed by atoms with Crippen molar-refractivity contribution in [3.63, 3.8) is 0 Å². The number of halogens is 2. The Kier molecular flexibility index (Phi) is 2.55. The largest absolute Gasteiger partial charge is 0.336 e. The lowest BCUT2D eigenvalue weighted by Crippen LogP contribution is -2.32. The van der Waals surface area contributed by atoms with E-state index in [-0.39, 0.29) is 17.6 Å². The molecule has 3 nitrogen and oxygen atoms in total. The van der Waals surface area contributed by atoms with Crippen molar-refractivity contribution in [2.45, 2.75) is 18.9 Å². The zero-order chi connectivity index (χ0) is 12.9. The zero-order valence-corrected chi connectivity index (χ0v) is 10.2. The topological polar surface area (TPSA) is 23.6 Å². The molecule has 0 spiro atoms. The Bertz CT molecular complexity index is 507. The van der Waals surface area contributed by atoms with E-state index in [4.69, 9.17) is 12.2 Å². The maximum absolute atomic E-state index is 13.2. The second-order valence-corrected chi connectivity index (χ2v) is 4.80. The van der Waals surface area contributed by atoms with E-state index in [1.807, 2.05) is 4.90 Å². The van der Waals surface area contributed by atoms with Crippen molar-refractivity contribution >= 4 is 28.9 Å². The molecule has 94 valence electrons. The number of rotatable bonds is 1. The van der Waals surface area contributed by atoms with Crippen molar-refractivity contribution in [2.75, 3.05) is 11.4 Å². The fourth-order valence-electron chi connectivity index (χ4n) is 2.53. The van der Waals surface area contributed by atoms with Gasteiger partial charge in [-0.15, -0.1) is 0 Å². The van der Waals surface area contributed by atoms with Crippen LogP contribution in [-0.4, -0.2) is 28.5 Å². The van der Waals surface area contributed by atoms with Gasteiger partial charge in [0.15, 0.2) is 5.11 Å². The first kappa shape index (κ1) is 11.5. The van der Waals surface area contributed by atoms with Crippen molar-refractivity contribution in [2.24, 2.45) is 0 Å². The summed E-state index contributed by atoms with van der Waals surface area (Å²) in [7, 11) is 0. The van der Waals surface area contributed by atoms with E-state index in [1.165, 1.54) is 4.90 Å². The predicted octanol–water partition coefficient (Wildman–Crippen LogP) is 2.06. The van der Waals surface area contributed by atoms with Gasteiger partial charge < -0.3 is 4.90 Å². The van der Waals surface area contributed by atoms with Crippen LogP contribution in [0.2, 0.25) is 0 Å². The first-order valence-corrected chi connectivity index (χ1v) is 6.09. The summed E-state index contributed by atoms with van der Waals surface area (Å²) in [4.78, 5) is 15.2. The van der Waals surface area contributed by atoms with Gasteiger partial charge in [-0.3, -0.25) is 9.69 Å². The molecule has 1 atom stereocenters. The fourth-order valence-corrected chi connectivity index (χ4v) is 2.94. The molecule has 2 heterocycles. The highest BCUT2D eigenvalue weighted by atomic mass is 32.1. The smallest absolute Gasteiger partial charge is 0.256 e. The Morgan fingerprint density at radius 3 is 2.50 bits per heavy atom. The second kappa shape index (κ2) is 3.98. The lowest BCUT2D eigenvalue weighted by Gasteiger charge is -2.18. The Labute approximate surface area is 108 Å². The molecular formula is C12H10F2N2OS. The Hall–Kier alpha value is -1.56. The van der Waals surface area contributed by atoms with Crippen LogP contribution < -0.4 is 4.90 Å². The maximum Gasteiger partial charge on any atom is 0.256 e. The number of carbonyl (C=O) groups excluding carboxylic acids is 1. The average Bonchev–Trinajstić information content (AvgIpc) is 2.83. The summed E-state index contributed by atoms with van der Waals surface area (Å²) in [6.07, 6.45) is 1.66. The Balaban J connectivity index is 2.02. The number of nitrogens with zero attached hydrogens (tertiary/aromatic N) is 2. The molecule has 0 N–H and O–H groups in total. The number of carbonyl (C=O) groups is 1. The van der Waals surface area contributed by atoms with Gasteiger partial charge in [0.1, 0.15) is 17.7 Å². The molecule has 3 rings (SSSR count). The highest BCUT2D eigenvalue weighted by Gasteiger charge is 2.45. The van der Waals surface area contributed by atoms with Gasteiger partial charge in [-0.2, -0.15) is 0 Å². The summed E-state index contributed by atoms with van der Waals surface area (Å²) in [5.74, 6) is -1.62. The van der Waals surface area contributed by atoms with Crippen LogP contribution in [0.3, 0.4) is 0 Å². The Morgan fingerprint density at radius 2 is 1.89 bits per heavy atom. The molecular weight excluding hydrogens is 258 g/mol. The number of hydrogen-bond acceptors (Lipinski definition) is 2. The Morgan fingerprint density at radius 1 is 1.22 bits per heavy atom. The summed E-state index contributed by atoms with van der Waals surface area (Å²) in [5, 5.41) is 0.340. The number of hydrogen-bond donors (Lipinski definition) is 0. The van der Waals surface area contributed by atoms with E-state index in [2.05, 4.69) is 0 Å². The maximum atomic E-state index is 13.2. The molecule has 18 heavy (non-hydrogen) atoms. The van der Waals surface area contributed by atoms with Crippen LogP contribution in [-0.2, 0) is 4.79 Å². The van der Waals surface area contributed by atoms with Crippen molar-refractivity contribution in [1.29, 1.82) is 0 Å². The van der Waals surface area contributed by atoms with Crippen molar-refractivity contribution in [3.05, 3.63) is 29.8 Å². The van der Waals surface area contributed by atoms with Crippen LogP contribution in [0.4, 0.5) is 14.5 Å². The van der Waals surface area contributed by atoms with Gasteiger partial charge in [-0.25, -0.2) is 8.78 Å². The molecule has 0 aromatic heterocycles. The van der Waals surface area contributed by atoms with Gasteiger partial charge in [0.25, 0.3) is 5.91 Å². The number of anilines is 1. The molecule has 2 saturated heterocycles. The number of benzene rings is 1. The molecule has 1 aromatic carbocycles. The van der Waals surface area contributed by atoms with Crippen LogP contribution >= 0.6 is 12.2 Å². The summed E-state index contributed by atoms with van der Waals surface area (Å²) in [6.45, 7) is 0.726. The van der Waals surface area contributed by atoms with E-state index in [0.717, 1.165) is 37.6 Å². The van der Waals surface area contributed by atoms with Gasteiger partial charge >= 0.3 is 0 Å². The molecule has 2 aliphatic heterocycles. The third-order valence-electron chi connectivity index (χ3n) is 3.30. The lowest BCUT2D eigenvalue weighted by molar-refractivity contribution is -0.119. The summed E-state index contributed by atoms with van der Waals surface area (Å²) in [5.41, 5.74) is 0.164. The summed E-state index contributed by atoms with van der Waals surface area (Å²) in [6, 6.07) is 2.75. The quantitative estimate of drug-likeness (QED) is 0.728. The van der Waals surface area contributed by atoms with Crippen LogP contribution in [0, 0.1) is 11.6 Å².